The van der Waals surface area contributed by atoms with Crippen molar-refractivity contribution in [3.05, 3.63) is 6.33 Å². The predicted molar refractivity (Wildman–Crippen MR) is 58.5 cm³/mol. The number of aromatic nitrogens is 3. The molecule has 7 nitrogen and oxygen atoms in total. The summed E-state index contributed by atoms with van der Waals surface area (Å²) in [6, 6.07) is 0. The van der Waals surface area contributed by atoms with Crippen LogP contribution < -0.4 is 11.1 Å². The fourth-order valence-corrected chi connectivity index (χ4v) is 1.19. The first-order valence-electron chi connectivity index (χ1n) is 5.15. The van der Waals surface area contributed by atoms with Crippen LogP contribution in [-0.2, 0) is 16.1 Å². The molecule has 1 rings (SSSR count). The highest BCUT2D eigenvalue weighted by molar-refractivity contribution is 5.75. The number of nitrogens with zero attached hydrogens (tertiary/aromatic N) is 3. The van der Waals surface area contributed by atoms with Crippen LogP contribution in [0.5, 0.6) is 0 Å². The zero-order valence-corrected chi connectivity index (χ0v) is 9.51. The lowest BCUT2D eigenvalue weighted by molar-refractivity contribution is -0.122. The summed E-state index contributed by atoms with van der Waals surface area (Å²) in [5, 5.41) is 6.54. The number of amides is 1. The van der Waals surface area contributed by atoms with Crippen molar-refractivity contribution in [3.8, 4) is 0 Å². The van der Waals surface area contributed by atoms with Gasteiger partial charge in [0.05, 0.1) is 6.10 Å². The first kappa shape index (κ1) is 12.4. The number of nitrogens with one attached hydrogen (secondary N) is 1. The van der Waals surface area contributed by atoms with Crippen molar-refractivity contribution in [2.75, 3.05) is 18.9 Å². The van der Waals surface area contributed by atoms with E-state index in [2.05, 4.69) is 15.4 Å². The Labute approximate surface area is 94.0 Å². The SMILES string of the molecule is CCOC(C)CNC(=O)Cn1cnc(N)n1. The van der Waals surface area contributed by atoms with Crippen molar-refractivity contribution in [2.24, 2.45) is 0 Å². The Hall–Kier alpha value is -1.63. The maximum absolute atomic E-state index is 11.4. The minimum atomic E-state index is -0.142. The van der Waals surface area contributed by atoms with Crippen molar-refractivity contribution in [2.45, 2.75) is 26.5 Å². The molecule has 1 heterocycles. The van der Waals surface area contributed by atoms with Gasteiger partial charge in [0.25, 0.3) is 0 Å². The Kier molecular flexibility index (Phi) is 4.71. The number of carbonyl (C=O) groups excluding carboxylic acids is 1. The maximum atomic E-state index is 11.4. The van der Waals surface area contributed by atoms with Crippen molar-refractivity contribution < 1.29 is 9.53 Å². The smallest absolute Gasteiger partial charge is 0.241 e. The molecule has 3 N–H and O–H groups in total. The Balaban J connectivity index is 2.26. The lowest BCUT2D eigenvalue weighted by Gasteiger charge is -2.12. The summed E-state index contributed by atoms with van der Waals surface area (Å²) in [5.74, 6) is 0.0203. The molecule has 0 aliphatic rings. The van der Waals surface area contributed by atoms with Gasteiger partial charge in [-0.2, -0.15) is 0 Å². The quantitative estimate of drug-likeness (QED) is 0.676. The monoisotopic (exact) mass is 227 g/mol. The summed E-state index contributed by atoms with van der Waals surface area (Å²) < 4.78 is 6.66. The molecule has 0 bridgehead atoms. The normalized spacial score (nSPS) is 12.4. The van der Waals surface area contributed by atoms with Crippen LogP contribution in [0.1, 0.15) is 13.8 Å². The van der Waals surface area contributed by atoms with E-state index >= 15 is 0 Å². The molecule has 1 unspecified atom stereocenters. The second kappa shape index (κ2) is 6.06. The van der Waals surface area contributed by atoms with Gasteiger partial charge in [-0.25, -0.2) is 9.67 Å². The van der Waals surface area contributed by atoms with Crippen molar-refractivity contribution in [3.63, 3.8) is 0 Å². The number of hydrogen-bond donors (Lipinski definition) is 2. The van der Waals surface area contributed by atoms with Crippen LogP contribution in [0, 0.1) is 0 Å². The lowest BCUT2D eigenvalue weighted by atomic mass is 10.4. The van der Waals surface area contributed by atoms with Crippen LogP contribution in [0.25, 0.3) is 0 Å². The molecule has 1 aromatic heterocycles. The van der Waals surface area contributed by atoms with Gasteiger partial charge in [-0.15, -0.1) is 5.10 Å². The van der Waals surface area contributed by atoms with Gasteiger partial charge in [0, 0.05) is 13.2 Å². The van der Waals surface area contributed by atoms with Crippen LogP contribution in [0.15, 0.2) is 6.33 Å². The van der Waals surface area contributed by atoms with E-state index in [4.69, 9.17) is 10.5 Å². The first-order chi connectivity index (χ1) is 7.61. The van der Waals surface area contributed by atoms with E-state index in [1.165, 1.54) is 11.0 Å². The van der Waals surface area contributed by atoms with Crippen LogP contribution in [0.4, 0.5) is 5.95 Å². The number of anilines is 1. The summed E-state index contributed by atoms with van der Waals surface area (Å²) in [4.78, 5) is 15.2. The molecule has 90 valence electrons. The molecule has 0 fully saturated rings. The third-order valence-corrected chi connectivity index (χ3v) is 1.90. The second-order valence-corrected chi connectivity index (χ2v) is 3.37. The van der Waals surface area contributed by atoms with Crippen LogP contribution >= 0.6 is 0 Å². The average molecular weight is 227 g/mol. The Morgan fingerprint density at radius 3 is 3.06 bits per heavy atom. The van der Waals surface area contributed by atoms with Crippen molar-refractivity contribution in [1.29, 1.82) is 0 Å². The Bertz CT molecular complexity index is 338. The van der Waals surface area contributed by atoms with Crippen molar-refractivity contribution in [1.82, 2.24) is 20.1 Å². The van der Waals surface area contributed by atoms with E-state index in [1.807, 2.05) is 13.8 Å². The number of carbonyl (C=O) groups is 1. The molecule has 16 heavy (non-hydrogen) atoms. The molecule has 0 saturated heterocycles. The van der Waals surface area contributed by atoms with Crippen LogP contribution in [0.2, 0.25) is 0 Å². The van der Waals surface area contributed by atoms with E-state index in [9.17, 15) is 4.79 Å². The average Bonchev–Trinajstić information content (AvgIpc) is 2.61. The zero-order valence-electron chi connectivity index (χ0n) is 9.51. The van der Waals surface area contributed by atoms with E-state index in [1.54, 1.807) is 0 Å². The van der Waals surface area contributed by atoms with Crippen LogP contribution in [-0.4, -0.2) is 39.9 Å². The molecule has 0 spiro atoms. The predicted octanol–water partition coefficient (Wildman–Crippen LogP) is -0.598. The molecule has 0 saturated carbocycles. The van der Waals surface area contributed by atoms with E-state index in [0.29, 0.717) is 13.2 Å². The number of rotatable bonds is 6. The maximum Gasteiger partial charge on any atom is 0.241 e. The van der Waals surface area contributed by atoms with Crippen molar-refractivity contribution >= 4 is 11.9 Å². The Morgan fingerprint density at radius 2 is 2.50 bits per heavy atom. The number of nitrogens with two attached hydrogens (primary N) is 1. The molecule has 0 aliphatic carbocycles. The minimum absolute atomic E-state index is 0.00904. The summed E-state index contributed by atoms with van der Waals surface area (Å²) in [6.07, 6.45) is 1.43. The summed E-state index contributed by atoms with van der Waals surface area (Å²) in [7, 11) is 0. The highest BCUT2D eigenvalue weighted by atomic mass is 16.5. The van der Waals surface area contributed by atoms with Gasteiger partial charge in [0.15, 0.2) is 0 Å². The number of ether oxygens (including phenoxy) is 1. The fourth-order valence-electron chi connectivity index (χ4n) is 1.19. The first-order valence-corrected chi connectivity index (χ1v) is 5.15. The van der Waals surface area contributed by atoms with Gasteiger partial charge in [-0.3, -0.25) is 4.79 Å². The molecule has 1 aromatic rings. The third kappa shape index (κ3) is 4.26. The van der Waals surface area contributed by atoms with Crippen LogP contribution in [0.3, 0.4) is 0 Å². The summed E-state index contributed by atoms with van der Waals surface area (Å²) >= 11 is 0. The summed E-state index contributed by atoms with van der Waals surface area (Å²) in [6.45, 7) is 5.05. The third-order valence-electron chi connectivity index (χ3n) is 1.90. The number of hydrogen-bond acceptors (Lipinski definition) is 5. The molecule has 7 heteroatoms. The summed E-state index contributed by atoms with van der Waals surface area (Å²) in [5.41, 5.74) is 5.32. The highest BCUT2D eigenvalue weighted by Crippen LogP contribution is 1.90. The van der Waals surface area contributed by atoms with Gasteiger partial charge in [-0.1, -0.05) is 0 Å². The lowest BCUT2D eigenvalue weighted by Crippen LogP contribution is -2.34. The highest BCUT2D eigenvalue weighted by Gasteiger charge is 2.06. The molecule has 1 atom stereocenters. The van der Waals surface area contributed by atoms with Gasteiger partial charge in [-0.05, 0) is 13.8 Å². The molecular formula is C9H17N5O2. The molecule has 0 aromatic carbocycles. The minimum Gasteiger partial charge on any atom is -0.377 e. The standard InChI is InChI=1S/C9H17N5O2/c1-3-16-7(2)4-11-8(15)5-14-6-12-9(10)13-14/h6-7H,3-5H2,1-2H3,(H2,10,13)(H,11,15). The van der Waals surface area contributed by atoms with E-state index in [0.717, 1.165) is 0 Å². The molecule has 1 amide bonds. The van der Waals surface area contributed by atoms with Gasteiger partial charge in [0.1, 0.15) is 12.9 Å². The number of nitrogen functional groups attached to an aromatic ring is 1. The van der Waals surface area contributed by atoms with E-state index in [-0.39, 0.29) is 24.5 Å². The fraction of sp³-hybridized carbons (Fsp3) is 0.667. The van der Waals surface area contributed by atoms with Gasteiger partial charge in [0.2, 0.25) is 11.9 Å². The largest absolute Gasteiger partial charge is 0.377 e. The second-order valence-electron chi connectivity index (χ2n) is 3.37. The molecule has 0 radical (unpaired) electrons. The topological polar surface area (TPSA) is 95.1 Å². The Morgan fingerprint density at radius 1 is 1.75 bits per heavy atom. The molecule has 0 aliphatic heterocycles. The van der Waals surface area contributed by atoms with E-state index < -0.39 is 0 Å². The van der Waals surface area contributed by atoms with Gasteiger partial charge < -0.3 is 15.8 Å². The molecular weight excluding hydrogens is 210 g/mol. The van der Waals surface area contributed by atoms with Gasteiger partial charge >= 0.3 is 0 Å². The zero-order chi connectivity index (χ0) is 12.0.